The normalized spacial score (nSPS) is 15.9. The Bertz CT molecular complexity index is 668. The number of benzene rings is 1. The van der Waals surface area contributed by atoms with Crippen molar-refractivity contribution in [1.29, 1.82) is 0 Å². The third-order valence-corrected chi connectivity index (χ3v) is 4.70. The Kier molecular flexibility index (Phi) is 8.41. The molecular weight excluding hydrogens is 364 g/mol. The van der Waals surface area contributed by atoms with Crippen molar-refractivity contribution in [2.75, 3.05) is 38.2 Å². The van der Waals surface area contributed by atoms with E-state index in [1.54, 1.807) is 36.1 Å². The van der Waals surface area contributed by atoms with Crippen molar-refractivity contribution in [2.24, 2.45) is 5.92 Å². The standard InChI is InChI=1S/C20H28N2O6/c1-3-27-12-13-28-14(2)18(23)21-17-6-4-15(5-7-17)19(24)22-10-8-16(9-11-22)20(25)26/h4-7,14,16H,3,8-13H2,1-2H3,(H,21,23)(H,25,26). The smallest absolute Gasteiger partial charge is 0.306 e. The average molecular weight is 392 g/mol. The van der Waals surface area contributed by atoms with Gasteiger partial charge in [-0.05, 0) is 51.0 Å². The zero-order chi connectivity index (χ0) is 20.5. The number of nitrogens with one attached hydrogen (secondary N) is 1. The van der Waals surface area contributed by atoms with E-state index in [1.807, 2.05) is 6.92 Å². The quantitative estimate of drug-likeness (QED) is 0.623. The molecule has 154 valence electrons. The molecule has 8 nitrogen and oxygen atoms in total. The number of aliphatic carboxylic acids is 1. The Morgan fingerprint density at radius 1 is 1.18 bits per heavy atom. The summed E-state index contributed by atoms with van der Waals surface area (Å²) in [6.45, 7) is 5.81. The van der Waals surface area contributed by atoms with Crippen molar-refractivity contribution in [3.8, 4) is 0 Å². The van der Waals surface area contributed by atoms with Gasteiger partial charge in [0.15, 0.2) is 0 Å². The van der Waals surface area contributed by atoms with Crippen molar-refractivity contribution in [3.63, 3.8) is 0 Å². The van der Waals surface area contributed by atoms with Gasteiger partial charge in [0.2, 0.25) is 0 Å². The van der Waals surface area contributed by atoms with E-state index in [-0.39, 0.29) is 17.7 Å². The molecule has 0 saturated carbocycles. The van der Waals surface area contributed by atoms with Crippen LogP contribution < -0.4 is 5.32 Å². The minimum absolute atomic E-state index is 0.130. The number of amides is 2. The fourth-order valence-corrected chi connectivity index (χ4v) is 2.96. The third kappa shape index (κ3) is 6.31. The predicted octanol–water partition coefficient (Wildman–Crippen LogP) is 2.00. The molecule has 28 heavy (non-hydrogen) atoms. The Balaban J connectivity index is 1.83. The molecule has 1 aromatic carbocycles. The van der Waals surface area contributed by atoms with Gasteiger partial charge in [-0.25, -0.2) is 0 Å². The second-order valence-corrected chi connectivity index (χ2v) is 6.68. The van der Waals surface area contributed by atoms with Crippen LogP contribution in [0.1, 0.15) is 37.0 Å². The summed E-state index contributed by atoms with van der Waals surface area (Å²) < 4.78 is 10.6. The number of carboxylic acids is 1. The molecule has 1 atom stereocenters. The Morgan fingerprint density at radius 2 is 1.82 bits per heavy atom. The molecule has 8 heteroatoms. The van der Waals surface area contributed by atoms with E-state index >= 15 is 0 Å². The summed E-state index contributed by atoms with van der Waals surface area (Å²) in [6, 6.07) is 6.65. The summed E-state index contributed by atoms with van der Waals surface area (Å²) in [7, 11) is 0. The zero-order valence-electron chi connectivity index (χ0n) is 16.3. The van der Waals surface area contributed by atoms with Crippen LogP contribution in [0, 0.1) is 5.92 Å². The lowest BCUT2D eigenvalue weighted by molar-refractivity contribution is -0.143. The minimum Gasteiger partial charge on any atom is -0.481 e. The largest absolute Gasteiger partial charge is 0.481 e. The first-order valence-electron chi connectivity index (χ1n) is 9.54. The van der Waals surface area contributed by atoms with E-state index in [0.717, 1.165) is 0 Å². The summed E-state index contributed by atoms with van der Waals surface area (Å²) >= 11 is 0. The second kappa shape index (κ2) is 10.8. The molecule has 0 aliphatic carbocycles. The number of rotatable bonds is 9. The number of likely N-dealkylation sites (tertiary alicyclic amines) is 1. The first kappa shape index (κ1) is 21.8. The number of anilines is 1. The molecule has 2 rings (SSSR count). The number of piperidine rings is 1. The van der Waals surface area contributed by atoms with Gasteiger partial charge in [0, 0.05) is 30.9 Å². The van der Waals surface area contributed by atoms with Crippen LogP contribution in [0.4, 0.5) is 5.69 Å². The van der Waals surface area contributed by atoms with Crippen LogP contribution in [-0.2, 0) is 19.1 Å². The topological polar surface area (TPSA) is 105 Å². The highest BCUT2D eigenvalue weighted by molar-refractivity contribution is 5.96. The van der Waals surface area contributed by atoms with Crippen molar-refractivity contribution in [3.05, 3.63) is 29.8 Å². The molecule has 0 radical (unpaired) electrons. The monoisotopic (exact) mass is 392 g/mol. The molecule has 1 unspecified atom stereocenters. The number of carboxylic acid groups (broad SMARTS) is 1. The molecule has 0 aromatic heterocycles. The van der Waals surface area contributed by atoms with Gasteiger partial charge < -0.3 is 24.8 Å². The first-order chi connectivity index (χ1) is 13.4. The maximum atomic E-state index is 12.5. The number of carbonyl (C=O) groups excluding carboxylic acids is 2. The molecule has 0 bridgehead atoms. The number of carbonyl (C=O) groups is 3. The van der Waals surface area contributed by atoms with Crippen molar-refractivity contribution >= 4 is 23.5 Å². The molecule has 2 N–H and O–H groups in total. The van der Waals surface area contributed by atoms with E-state index in [0.29, 0.717) is 57.0 Å². The van der Waals surface area contributed by atoms with E-state index in [4.69, 9.17) is 14.6 Å². The minimum atomic E-state index is -0.803. The molecule has 1 aliphatic rings. The van der Waals surface area contributed by atoms with Crippen molar-refractivity contribution < 1.29 is 29.0 Å². The van der Waals surface area contributed by atoms with Crippen LogP contribution in [0.3, 0.4) is 0 Å². The van der Waals surface area contributed by atoms with Crippen LogP contribution in [0.5, 0.6) is 0 Å². The van der Waals surface area contributed by atoms with Crippen LogP contribution in [0.25, 0.3) is 0 Å². The van der Waals surface area contributed by atoms with Gasteiger partial charge in [-0.2, -0.15) is 0 Å². The Labute approximate surface area is 164 Å². The van der Waals surface area contributed by atoms with E-state index in [2.05, 4.69) is 5.32 Å². The summed E-state index contributed by atoms with van der Waals surface area (Å²) in [6.07, 6.45) is 0.324. The van der Waals surface area contributed by atoms with Gasteiger partial charge in [-0.3, -0.25) is 14.4 Å². The fourth-order valence-electron chi connectivity index (χ4n) is 2.96. The molecule has 1 aliphatic heterocycles. The maximum Gasteiger partial charge on any atom is 0.306 e. The molecule has 2 amide bonds. The highest BCUT2D eigenvalue weighted by atomic mass is 16.5. The number of nitrogens with zero attached hydrogens (tertiary/aromatic N) is 1. The summed E-state index contributed by atoms with van der Waals surface area (Å²) in [5.74, 6) is -1.58. The van der Waals surface area contributed by atoms with Crippen LogP contribution in [0.2, 0.25) is 0 Å². The van der Waals surface area contributed by atoms with Crippen LogP contribution >= 0.6 is 0 Å². The van der Waals surface area contributed by atoms with Crippen molar-refractivity contribution in [1.82, 2.24) is 4.90 Å². The van der Waals surface area contributed by atoms with Gasteiger partial charge in [-0.1, -0.05) is 0 Å². The first-order valence-corrected chi connectivity index (χ1v) is 9.54. The Hall–Kier alpha value is -2.45. The van der Waals surface area contributed by atoms with Crippen LogP contribution in [0.15, 0.2) is 24.3 Å². The van der Waals surface area contributed by atoms with Gasteiger partial charge in [0.05, 0.1) is 19.1 Å². The summed E-state index contributed by atoms with van der Waals surface area (Å²) in [5.41, 5.74) is 1.08. The van der Waals surface area contributed by atoms with Gasteiger partial charge in [-0.15, -0.1) is 0 Å². The molecular formula is C20H28N2O6. The number of ether oxygens (including phenoxy) is 2. The predicted molar refractivity (Wildman–Crippen MR) is 103 cm³/mol. The Morgan fingerprint density at radius 3 is 2.39 bits per heavy atom. The van der Waals surface area contributed by atoms with E-state index < -0.39 is 12.1 Å². The molecule has 1 aromatic rings. The molecule has 1 heterocycles. The lowest BCUT2D eigenvalue weighted by Gasteiger charge is -2.30. The van der Waals surface area contributed by atoms with Crippen LogP contribution in [-0.4, -0.2) is 66.8 Å². The highest BCUT2D eigenvalue weighted by Gasteiger charge is 2.27. The fraction of sp³-hybridized carbons (Fsp3) is 0.550. The third-order valence-electron chi connectivity index (χ3n) is 4.70. The lowest BCUT2D eigenvalue weighted by atomic mass is 9.96. The van der Waals surface area contributed by atoms with Crippen molar-refractivity contribution in [2.45, 2.75) is 32.8 Å². The highest BCUT2D eigenvalue weighted by Crippen LogP contribution is 2.20. The van der Waals surface area contributed by atoms with E-state index in [9.17, 15) is 14.4 Å². The summed E-state index contributed by atoms with van der Waals surface area (Å²) in [5, 5.41) is 11.8. The molecule has 1 fully saturated rings. The van der Waals surface area contributed by atoms with Gasteiger partial charge in [0.1, 0.15) is 6.10 Å². The lowest BCUT2D eigenvalue weighted by Crippen LogP contribution is -2.40. The second-order valence-electron chi connectivity index (χ2n) is 6.68. The summed E-state index contributed by atoms with van der Waals surface area (Å²) in [4.78, 5) is 37.4. The van der Waals surface area contributed by atoms with Gasteiger partial charge >= 0.3 is 5.97 Å². The molecule has 0 spiro atoms. The number of hydrogen-bond acceptors (Lipinski definition) is 5. The van der Waals surface area contributed by atoms with E-state index in [1.165, 1.54) is 0 Å². The average Bonchev–Trinajstić information content (AvgIpc) is 2.71. The van der Waals surface area contributed by atoms with Gasteiger partial charge in [0.25, 0.3) is 11.8 Å². The molecule has 1 saturated heterocycles. The number of hydrogen-bond donors (Lipinski definition) is 2. The SMILES string of the molecule is CCOCCOC(C)C(=O)Nc1ccc(C(=O)N2CCC(C(=O)O)CC2)cc1. The zero-order valence-corrected chi connectivity index (χ0v) is 16.3. The maximum absolute atomic E-state index is 12.5.